The lowest BCUT2D eigenvalue weighted by molar-refractivity contribution is -0.143. The number of piperidine rings is 1. The zero-order chi connectivity index (χ0) is 14.6. The van der Waals surface area contributed by atoms with E-state index in [2.05, 4.69) is 13.8 Å². The first kappa shape index (κ1) is 15.8. The monoisotopic (exact) mass is 270 g/mol. The maximum absolute atomic E-state index is 12.3. The summed E-state index contributed by atoms with van der Waals surface area (Å²) in [5.41, 5.74) is 0. The molecule has 1 aliphatic heterocycles. The second kappa shape index (κ2) is 6.78. The molecule has 2 atom stereocenters. The van der Waals surface area contributed by atoms with Crippen LogP contribution in [0.25, 0.3) is 0 Å². The summed E-state index contributed by atoms with van der Waals surface area (Å²) in [7, 11) is 1.81. The van der Waals surface area contributed by atoms with Crippen LogP contribution >= 0.6 is 0 Å². The molecular formula is C14H26N2O3. The summed E-state index contributed by atoms with van der Waals surface area (Å²) >= 11 is 0. The van der Waals surface area contributed by atoms with Gasteiger partial charge in [0, 0.05) is 26.2 Å². The molecule has 1 heterocycles. The Kier molecular flexibility index (Phi) is 5.63. The van der Waals surface area contributed by atoms with Crippen molar-refractivity contribution in [3.8, 4) is 0 Å². The second-order valence-corrected chi connectivity index (χ2v) is 6.00. The van der Waals surface area contributed by atoms with Gasteiger partial charge in [0.1, 0.15) is 0 Å². The Hall–Kier alpha value is -1.26. The first-order chi connectivity index (χ1) is 8.82. The van der Waals surface area contributed by atoms with E-state index in [1.165, 1.54) is 0 Å². The Balaban J connectivity index is 2.58. The number of aliphatic carboxylic acids is 1. The molecule has 1 saturated heterocycles. The minimum absolute atomic E-state index is 0.0425. The van der Waals surface area contributed by atoms with Crippen molar-refractivity contribution < 1.29 is 14.7 Å². The van der Waals surface area contributed by atoms with Gasteiger partial charge in [-0.2, -0.15) is 0 Å². The highest BCUT2D eigenvalue weighted by Gasteiger charge is 2.30. The molecule has 19 heavy (non-hydrogen) atoms. The molecule has 110 valence electrons. The molecule has 5 heteroatoms. The van der Waals surface area contributed by atoms with Crippen LogP contribution in [0.3, 0.4) is 0 Å². The van der Waals surface area contributed by atoms with Crippen LogP contribution in [-0.2, 0) is 4.79 Å². The molecule has 0 aromatic heterocycles. The smallest absolute Gasteiger partial charge is 0.320 e. The minimum atomic E-state index is -0.796. The predicted molar refractivity (Wildman–Crippen MR) is 74.0 cm³/mol. The molecule has 0 aromatic rings. The fraction of sp³-hybridized carbons (Fsp3) is 0.857. The third-order valence-corrected chi connectivity index (χ3v) is 3.82. The van der Waals surface area contributed by atoms with Gasteiger partial charge in [-0.15, -0.1) is 0 Å². The van der Waals surface area contributed by atoms with E-state index in [4.69, 9.17) is 5.11 Å². The van der Waals surface area contributed by atoms with E-state index in [-0.39, 0.29) is 12.1 Å². The van der Waals surface area contributed by atoms with Gasteiger partial charge >= 0.3 is 12.0 Å². The summed E-state index contributed by atoms with van der Waals surface area (Å²) in [6.07, 6.45) is 2.40. The van der Waals surface area contributed by atoms with Gasteiger partial charge in [-0.1, -0.05) is 13.8 Å². The number of carbonyl (C=O) groups is 2. The lowest BCUT2D eigenvalue weighted by Gasteiger charge is -2.36. The number of rotatable bonds is 4. The molecule has 0 spiro atoms. The van der Waals surface area contributed by atoms with Crippen LogP contribution in [-0.4, -0.2) is 53.1 Å². The number of carboxylic acids is 1. The zero-order valence-electron chi connectivity index (χ0n) is 12.4. The highest BCUT2D eigenvalue weighted by molar-refractivity contribution is 5.76. The van der Waals surface area contributed by atoms with Crippen molar-refractivity contribution in [2.75, 3.05) is 20.1 Å². The van der Waals surface area contributed by atoms with Crippen molar-refractivity contribution in [1.29, 1.82) is 0 Å². The van der Waals surface area contributed by atoms with Gasteiger partial charge in [0.25, 0.3) is 0 Å². The second-order valence-electron chi connectivity index (χ2n) is 6.00. The lowest BCUT2D eigenvalue weighted by atomic mass is 9.98. The minimum Gasteiger partial charge on any atom is -0.481 e. The molecule has 5 nitrogen and oxygen atoms in total. The summed E-state index contributed by atoms with van der Waals surface area (Å²) in [4.78, 5) is 26.8. The van der Waals surface area contributed by atoms with E-state index < -0.39 is 11.9 Å². The average molecular weight is 270 g/mol. The molecule has 0 aliphatic carbocycles. The quantitative estimate of drug-likeness (QED) is 0.852. The number of likely N-dealkylation sites (tertiary alicyclic amines) is 1. The lowest BCUT2D eigenvalue weighted by Crippen LogP contribution is -2.50. The number of hydrogen-bond acceptors (Lipinski definition) is 2. The third-order valence-electron chi connectivity index (χ3n) is 3.82. The summed E-state index contributed by atoms with van der Waals surface area (Å²) in [5, 5.41) is 9.05. The Morgan fingerprint density at radius 2 is 2.00 bits per heavy atom. The number of urea groups is 1. The molecule has 2 amide bonds. The number of nitrogens with zero attached hydrogens (tertiary/aromatic N) is 2. The van der Waals surface area contributed by atoms with E-state index in [0.29, 0.717) is 25.4 Å². The van der Waals surface area contributed by atoms with Crippen molar-refractivity contribution in [2.24, 2.45) is 11.8 Å². The van der Waals surface area contributed by atoms with Crippen LogP contribution in [0.2, 0.25) is 0 Å². The van der Waals surface area contributed by atoms with Gasteiger partial charge in [0.15, 0.2) is 0 Å². The number of hydrogen-bond donors (Lipinski definition) is 1. The first-order valence-corrected chi connectivity index (χ1v) is 7.07. The Labute approximate surface area is 115 Å². The summed E-state index contributed by atoms with van der Waals surface area (Å²) in [5.74, 6) is -0.666. The SMILES string of the molecule is CC(C)CC(C)N(C)C(=O)N1CCC[C@@H](C(=O)O)C1. The molecule has 1 unspecified atom stereocenters. The summed E-state index contributed by atoms with van der Waals surface area (Å²) in [6, 6.07) is 0.136. The van der Waals surface area contributed by atoms with E-state index in [1.54, 1.807) is 16.8 Å². The van der Waals surface area contributed by atoms with Crippen LogP contribution in [0.4, 0.5) is 4.79 Å². The van der Waals surface area contributed by atoms with Gasteiger partial charge < -0.3 is 14.9 Å². The van der Waals surface area contributed by atoms with Crippen molar-refractivity contribution in [1.82, 2.24) is 9.80 Å². The third kappa shape index (κ3) is 4.40. The van der Waals surface area contributed by atoms with E-state index in [0.717, 1.165) is 12.8 Å². The standard InChI is InChI=1S/C14H26N2O3/c1-10(2)8-11(3)15(4)14(19)16-7-5-6-12(9-16)13(17)18/h10-12H,5-9H2,1-4H3,(H,17,18)/t11?,12-/m1/s1. The highest BCUT2D eigenvalue weighted by atomic mass is 16.4. The Morgan fingerprint density at radius 3 is 2.53 bits per heavy atom. The van der Waals surface area contributed by atoms with Crippen molar-refractivity contribution in [3.63, 3.8) is 0 Å². The van der Waals surface area contributed by atoms with E-state index >= 15 is 0 Å². The number of carbonyl (C=O) groups excluding carboxylic acids is 1. The largest absolute Gasteiger partial charge is 0.481 e. The van der Waals surface area contributed by atoms with Crippen LogP contribution in [0.5, 0.6) is 0 Å². The normalized spacial score (nSPS) is 21.3. The first-order valence-electron chi connectivity index (χ1n) is 7.07. The van der Waals surface area contributed by atoms with E-state index in [1.807, 2.05) is 6.92 Å². The summed E-state index contributed by atoms with van der Waals surface area (Å²) < 4.78 is 0. The van der Waals surface area contributed by atoms with Gasteiger partial charge in [-0.05, 0) is 32.1 Å². The Bertz CT molecular complexity index is 331. The predicted octanol–water partition coefficient (Wildman–Crippen LogP) is 2.27. The van der Waals surface area contributed by atoms with Crippen LogP contribution in [0, 0.1) is 11.8 Å². The molecule has 0 aromatic carbocycles. The topological polar surface area (TPSA) is 60.9 Å². The number of carboxylic acid groups (broad SMARTS) is 1. The van der Waals surface area contributed by atoms with Gasteiger partial charge in [0.05, 0.1) is 5.92 Å². The van der Waals surface area contributed by atoms with Crippen LogP contribution < -0.4 is 0 Å². The molecule has 1 rings (SSSR count). The molecule has 1 N–H and O–H groups in total. The summed E-state index contributed by atoms with van der Waals surface area (Å²) in [6.45, 7) is 7.32. The molecule has 1 fully saturated rings. The van der Waals surface area contributed by atoms with Gasteiger partial charge in [-0.25, -0.2) is 4.79 Å². The fourth-order valence-electron chi connectivity index (χ4n) is 2.60. The van der Waals surface area contributed by atoms with Crippen LogP contribution in [0.15, 0.2) is 0 Å². The van der Waals surface area contributed by atoms with Gasteiger partial charge in [0.2, 0.25) is 0 Å². The molecule has 0 bridgehead atoms. The molecule has 0 saturated carbocycles. The molecular weight excluding hydrogens is 244 g/mol. The van der Waals surface area contributed by atoms with E-state index in [9.17, 15) is 9.59 Å². The highest BCUT2D eigenvalue weighted by Crippen LogP contribution is 2.19. The number of amides is 2. The maximum Gasteiger partial charge on any atom is 0.320 e. The fourth-order valence-corrected chi connectivity index (χ4v) is 2.60. The van der Waals surface area contributed by atoms with Gasteiger partial charge in [-0.3, -0.25) is 4.79 Å². The maximum atomic E-state index is 12.3. The van der Waals surface area contributed by atoms with Crippen molar-refractivity contribution in [2.45, 2.75) is 46.1 Å². The zero-order valence-corrected chi connectivity index (χ0v) is 12.4. The molecule has 0 radical (unpaired) electrons. The molecule has 1 aliphatic rings. The Morgan fingerprint density at radius 1 is 1.37 bits per heavy atom. The van der Waals surface area contributed by atoms with Crippen molar-refractivity contribution in [3.05, 3.63) is 0 Å². The average Bonchev–Trinajstić information content (AvgIpc) is 2.36. The van der Waals surface area contributed by atoms with Crippen LogP contribution in [0.1, 0.15) is 40.0 Å². The van der Waals surface area contributed by atoms with Crippen molar-refractivity contribution >= 4 is 12.0 Å².